The van der Waals surface area contributed by atoms with E-state index in [0.717, 1.165) is 0 Å². The fraction of sp³-hybridized carbons (Fsp3) is 0.571. The number of aromatic nitrogens is 3. The van der Waals surface area contributed by atoms with Crippen LogP contribution < -0.4 is 5.73 Å². The van der Waals surface area contributed by atoms with Crippen LogP contribution in [0.25, 0.3) is 0 Å². The van der Waals surface area contributed by atoms with Crippen LogP contribution in [-0.4, -0.2) is 20.7 Å². The predicted octanol–water partition coefficient (Wildman–Crippen LogP) is 0.551. The highest BCUT2D eigenvalue weighted by Gasteiger charge is 2.31. The number of nitrogens with zero attached hydrogens (tertiary/aromatic N) is 2. The Morgan fingerprint density at radius 1 is 1.92 bits per heavy atom. The number of nitrogens with two attached hydrogens (primary N) is 1. The van der Waals surface area contributed by atoms with Gasteiger partial charge in [-0.1, -0.05) is 6.92 Å². The molecule has 0 aliphatic carbocycles. The zero-order chi connectivity index (χ0) is 10.1. The number of aromatic amines is 1. The zero-order valence-electron chi connectivity index (χ0n) is 7.57. The van der Waals surface area contributed by atoms with E-state index in [1.54, 1.807) is 11.5 Å². The highest BCUT2D eigenvalue weighted by Crippen LogP contribution is 2.19. The van der Waals surface area contributed by atoms with Crippen molar-refractivity contribution in [3.8, 4) is 0 Å². The van der Waals surface area contributed by atoms with Crippen LogP contribution in [0.4, 0.5) is 0 Å². The van der Waals surface area contributed by atoms with E-state index in [-0.39, 0.29) is 0 Å². The normalized spacial score (nSPS) is 15.2. The van der Waals surface area contributed by atoms with E-state index in [2.05, 4.69) is 10.2 Å². The maximum Gasteiger partial charge on any atom is 0.243 e. The van der Waals surface area contributed by atoms with Gasteiger partial charge in [-0.25, -0.2) is 0 Å². The first-order valence-corrected chi connectivity index (χ1v) is 4.35. The Bertz CT molecular complexity index is 369. The lowest BCUT2D eigenvalue weighted by atomic mass is 9.98. The average molecular weight is 200 g/mol. The highest BCUT2D eigenvalue weighted by atomic mass is 32.1. The molecule has 3 N–H and O–H groups in total. The Morgan fingerprint density at radius 2 is 2.54 bits per heavy atom. The van der Waals surface area contributed by atoms with E-state index in [1.807, 2.05) is 6.92 Å². The molecule has 0 aliphatic heterocycles. The number of hydrogen-bond donors (Lipinski definition) is 2. The van der Waals surface area contributed by atoms with E-state index in [4.69, 9.17) is 18.0 Å². The third-order valence-electron chi connectivity index (χ3n) is 2.30. The van der Waals surface area contributed by atoms with Gasteiger partial charge in [-0.2, -0.15) is 5.10 Å². The van der Waals surface area contributed by atoms with Crippen molar-refractivity contribution in [2.24, 2.45) is 5.73 Å². The van der Waals surface area contributed by atoms with Crippen LogP contribution >= 0.6 is 12.2 Å². The van der Waals surface area contributed by atoms with E-state index >= 15 is 0 Å². The number of hydrogen-bond acceptors (Lipinski definition) is 3. The summed E-state index contributed by atoms with van der Waals surface area (Å²) in [6, 6.07) is 0. The molecule has 1 aromatic heterocycles. The molecule has 0 bridgehead atoms. The Kier molecular flexibility index (Phi) is 2.51. The molecule has 72 valence electrons. The first-order valence-electron chi connectivity index (χ1n) is 3.94. The second-order valence-corrected chi connectivity index (χ2v) is 3.41. The average Bonchev–Trinajstić information content (AvgIpc) is 2.50. The summed E-state index contributed by atoms with van der Waals surface area (Å²) in [7, 11) is 0. The third-order valence-corrected chi connectivity index (χ3v) is 2.59. The molecule has 0 fully saturated rings. The SMILES string of the molecule is CCC(C)(C(N)=O)n1cn[nH]c1=S. The lowest BCUT2D eigenvalue weighted by Crippen LogP contribution is -2.43. The molecular formula is C7H12N4OS. The smallest absolute Gasteiger partial charge is 0.243 e. The van der Waals surface area contributed by atoms with Crippen molar-refractivity contribution >= 4 is 18.1 Å². The van der Waals surface area contributed by atoms with Crippen molar-refractivity contribution in [3.05, 3.63) is 11.1 Å². The Hall–Kier alpha value is -1.17. The van der Waals surface area contributed by atoms with E-state index in [9.17, 15) is 4.79 Å². The van der Waals surface area contributed by atoms with Gasteiger partial charge < -0.3 is 5.73 Å². The quantitative estimate of drug-likeness (QED) is 0.699. The van der Waals surface area contributed by atoms with Gasteiger partial charge in [-0.05, 0) is 25.6 Å². The molecule has 1 aromatic rings. The van der Waals surface area contributed by atoms with Crippen LogP contribution in [0, 0.1) is 4.77 Å². The molecule has 1 heterocycles. The topological polar surface area (TPSA) is 76.7 Å². The van der Waals surface area contributed by atoms with Crippen LogP contribution in [0.5, 0.6) is 0 Å². The second-order valence-electron chi connectivity index (χ2n) is 3.02. The molecule has 0 aliphatic rings. The first kappa shape index (κ1) is 9.91. The zero-order valence-corrected chi connectivity index (χ0v) is 8.39. The Morgan fingerprint density at radius 3 is 2.85 bits per heavy atom. The third kappa shape index (κ3) is 1.49. The van der Waals surface area contributed by atoms with Crippen molar-refractivity contribution < 1.29 is 4.79 Å². The van der Waals surface area contributed by atoms with Crippen molar-refractivity contribution in [1.29, 1.82) is 0 Å². The van der Waals surface area contributed by atoms with Gasteiger partial charge in [0.15, 0.2) is 4.77 Å². The molecule has 5 nitrogen and oxygen atoms in total. The largest absolute Gasteiger partial charge is 0.368 e. The second kappa shape index (κ2) is 3.29. The summed E-state index contributed by atoms with van der Waals surface area (Å²) in [6.45, 7) is 3.61. The van der Waals surface area contributed by atoms with Crippen LogP contribution in [0.3, 0.4) is 0 Å². The summed E-state index contributed by atoms with van der Waals surface area (Å²) in [5.41, 5.74) is 4.51. The van der Waals surface area contributed by atoms with Crippen LogP contribution in [0.1, 0.15) is 20.3 Å². The highest BCUT2D eigenvalue weighted by molar-refractivity contribution is 7.71. The molecule has 0 spiro atoms. The van der Waals surface area contributed by atoms with Gasteiger partial charge in [-0.3, -0.25) is 14.5 Å². The molecule has 0 radical (unpaired) electrons. The van der Waals surface area contributed by atoms with Gasteiger partial charge in [0.25, 0.3) is 0 Å². The van der Waals surface area contributed by atoms with Crippen molar-refractivity contribution in [2.75, 3.05) is 0 Å². The Balaban J connectivity index is 3.25. The molecule has 6 heteroatoms. The lowest BCUT2D eigenvalue weighted by molar-refractivity contribution is -0.126. The van der Waals surface area contributed by atoms with Crippen molar-refractivity contribution in [1.82, 2.24) is 14.8 Å². The summed E-state index contributed by atoms with van der Waals surface area (Å²) in [5, 5.41) is 6.33. The fourth-order valence-electron chi connectivity index (χ4n) is 1.06. The molecule has 0 saturated heterocycles. The van der Waals surface area contributed by atoms with Crippen LogP contribution in [0.2, 0.25) is 0 Å². The minimum Gasteiger partial charge on any atom is -0.368 e. The van der Waals surface area contributed by atoms with Crippen LogP contribution in [-0.2, 0) is 10.3 Å². The van der Waals surface area contributed by atoms with Gasteiger partial charge in [-0.15, -0.1) is 0 Å². The van der Waals surface area contributed by atoms with Crippen molar-refractivity contribution in [3.63, 3.8) is 0 Å². The van der Waals surface area contributed by atoms with Crippen LogP contribution in [0.15, 0.2) is 6.33 Å². The van der Waals surface area contributed by atoms with Gasteiger partial charge >= 0.3 is 0 Å². The molecule has 0 saturated carbocycles. The molecular weight excluding hydrogens is 188 g/mol. The number of carbonyl (C=O) groups is 1. The predicted molar refractivity (Wildman–Crippen MR) is 50.5 cm³/mol. The van der Waals surface area contributed by atoms with Gasteiger partial charge in [0.1, 0.15) is 11.9 Å². The molecule has 0 aromatic carbocycles. The fourth-order valence-corrected chi connectivity index (χ4v) is 1.36. The molecule has 1 amide bonds. The summed E-state index contributed by atoms with van der Waals surface area (Å²) in [5.74, 6) is -0.410. The summed E-state index contributed by atoms with van der Waals surface area (Å²) >= 11 is 4.96. The molecule has 13 heavy (non-hydrogen) atoms. The minimum absolute atomic E-state index is 0.406. The number of primary amides is 1. The summed E-state index contributed by atoms with van der Waals surface area (Å²) in [4.78, 5) is 11.2. The number of H-pyrrole nitrogens is 1. The molecule has 1 atom stereocenters. The van der Waals surface area contributed by atoms with Gasteiger partial charge in [0.2, 0.25) is 5.91 Å². The van der Waals surface area contributed by atoms with Crippen molar-refractivity contribution in [2.45, 2.75) is 25.8 Å². The standard InChI is InChI=1S/C7H12N4OS/c1-3-7(2,5(8)12)11-4-9-10-6(11)13/h4H,3H2,1-2H3,(H2,8,12)(H,10,13). The number of rotatable bonds is 3. The minimum atomic E-state index is -0.788. The first-order chi connectivity index (χ1) is 6.02. The lowest BCUT2D eigenvalue weighted by Gasteiger charge is -2.25. The van der Waals surface area contributed by atoms with Gasteiger partial charge in [0, 0.05) is 0 Å². The number of amides is 1. The van der Waals surface area contributed by atoms with E-state index < -0.39 is 11.4 Å². The van der Waals surface area contributed by atoms with Gasteiger partial charge in [0.05, 0.1) is 0 Å². The summed E-state index contributed by atoms with van der Waals surface area (Å²) < 4.78 is 1.98. The summed E-state index contributed by atoms with van der Waals surface area (Å²) in [6.07, 6.45) is 2.06. The Labute approximate surface area is 80.9 Å². The molecule has 1 unspecified atom stereocenters. The number of carbonyl (C=O) groups excluding carboxylic acids is 1. The van der Waals surface area contributed by atoms with E-state index in [0.29, 0.717) is 11.2 Å². The monoisotopic (exact) mass is 200 g/mol. The maximum atomic E-state index is 11.2. The number of nitrogens with one attached hydrogen (secondary N) is 1. The van der Waals surface area contributed by atoms with E-state index in [1.165, 1.54) is 6.33 Å². The molecule has 1 rings (SSSR count). The maximum absolute atomic E-state index is 11.2.